The van der Waals surface area contributed by atoms with Gasteiger partial charge >= 0.3 is 5.97 Å². The van der Waals surface area contributed by atoms with Crippen LogP contribution in [0.1, 0.15) is 26.2 Å². The lowest BCUT2D eigenvalue weighted by Crippen LogP contribution is -2.45. The molecule has 1 aromatic rings. The Morgan fingerprint density at radius 2 is 2.05 bits per heavy atom. The molecule has 0 radical (unpaired) electrons. The number of hydrogen-bond donors (Lipinski definition) is 1. The van der Waals surface area contributed by atoms with Crippen molar-refractivity contribution in [3.05, 3.63) is 29.8 Å². The van der Waals surface area contributed by atoms with Crippen molar-refractivity contribution in [2.75, 3.05) is 13.7 Å². The number of hydrogen-bond acceptors (Lipinski definition) is 4. The number of benzene rings is 1. The molecule has 0 aliphatic rings. The summed E-state index contributed by atoms with van der Waals surface area (Å²) >= 11 is 0. The average Bonchev–Trinajstić information content (AvgIpc) is 2.41. The second kappa shape index (κ2) is 7.19. The Morgan fingerprint density at radius 1 is 1.35 bits per heavy atom. The third kappa shape index (κ3) is 4.45. The summed E-state index contributed by atoms with van der Waals surface area (Å²) in [7, 11) is 1.28. The van der Waals surface area contributed by atoms with Gasteiger partial charge in [-0.2, -0.15) is 4.39 Å². The molecule has 112 valence electrons. The van der Waals surface area contributed by atoms with Gasteiger partial charge in [0.2, 0.25) is 5.82 Å². The maximum atomic E-state index is 13.3. The van der Waals surface area contributed by atoms with Crippen LogP contribution in [0.4, 0.5) is 8.78 Å². The molecule has 0 aliphatic heterocycles. The lowest BCUT2D eigenvalue weighted by molar-refractivity contribution is -0.146. The van der Waals surface area contributed by atoms with E-state index in [9.17, 15) is 13.6 Å². The van der Waals surface area contributed by atoms with E-state index in [0.717, 1.165) is 6.07 Å². The van der Waals surface area contributed by atoms with Gasteiger partial charge in [-0.3, -0.25) is 4.79 Å². The molecule has 0 spiro atoms. The summed E-state index contributed by atoms with van der Waals surface area (Å²) in [5.74, 6) is -2.53. The Balaban J connectivity index is 2.32. The van der Waals surface area contributed by atoms with Crippen LogP contribution in [0.3, 0.4) is 0 Å². The highest BCUT2D eigenvalue weighted by atomic mass is 19.2. The smallest absolute Gasteiger partial charge is 0.325 e. The van der Waals surface area contributed by atoms with Gasteiger partial charge in [0.1, 0.15) is 5.54 Å². The highest BCUT2D eigenvalue weighted by Gasteiger charge is 2.28. The fraction of sp³-hybridized carbons (Fsp3) is 0.500. The van der Waals surface area contributed by atoms with E-state index in [0.29, 0.717) is 19.3 Å². The van der Waals surface area contributed by atoms with Gasteiger partial charge in [0.25, 0.3) is 0 Å². The molecule has 1 atom stereocenters. The Morgan fingerprint density at radius 3 is 2.70 bits per heavy atom. The Bertz CT molecular complexity index is 464. The molecule has 0 saturated carbocycles. The van der Waals surface area contributed by atoms with Gasteiger partial charge in [-0.1, -0.05) is 6.07 Å². The number of ether oxygens (including phenoxy) is 2. The molecule has 20 heavy (non-hydrogen) atoms. The topological polar surface area (TPSA) is 61.5 Å². The molecular formula is C14H19F2NO3. The minimum atomic E-state index is -1.04. The summed E-state index contributed by atoms with van der Waals surface area (Å²) in [6.07, 6.45) is 1.60. The van der Waals surface area contributed by atoms with Crippen LogP contribution in [0.25, 0.3) is 0 Å². The van der Waals surface area contributed by atoms with Crippen LogP contribution in [-0.4, -0.2) is 25.2 Å². The van der Waals surface area contributed by atoms with Crippen LogP contribution in [-0.2, 0) is 9.53 Å². The first-order valence-corrected chi connectivity index (χ1v) is 6.32. The van der Waals surface area contributed by atoms with E-state index < -0.39 is 23.1 Å². The van der Waals surface area contributed by atoms with Crippen LogP contribution in [0, 0.1) is 11.6 Å². The van der Waals surface area contributed by atoms with Crippen LogP contribution < -0.4 is 10.5 Å². The van der Waals surface area contributed by atoms with Crippen molar-refractivity contribution in [2.45, 2.75) is 31.7 Å². The second-order valence-corrected chi connectivity index (χ2v) is 4.77. The van der Waals surface area contributed by atoms with Gasteiger partial charge in [-0.05, 0) is 38.3 Å². The predicted molar refractivity (Wildman–Crippen MR) is 70.3 cm³/mol. The highest BCUT2D eigenvalue weighted by Crippen LogP contribution is 2.20. The molecule has 0 heterocycles. The number of rotatable bonds is 7. The third-order valence-electron chi connectivity index (χ3n) is 2.92. The number of carbonyl (C=O) groups is 1. The van der Waals surface area contributed by atoms with E-state index in [1.54, 1.807) is 6.92 Å². The zero-order valence-corrected chi connectivity index (χ0v) is 11.6. The predicted octanol–water partition coefficient (Wildman–Crippen LogP) is 2.40. The summed E-state index contributed by atoms with van der Waals surface area (Å²) in [5.41, 5.74) is 4.74. The van der Waals surface area contributed by atoms with Crippen molar-refractivity contribution in [3.8, 4) is 5.75 Å². The second-order valence-electron chi connectivity index (χ2n) is 4.77. The van der Waals surface area contributed by atoms with Gasteiger partial charge in [-0.15, -0.1) is 0 Å². The van der Waals surface area contributed by atoms with Crippen LogP contribution in [0.15, 0.2) is 18.2 Å². The summed E-state index contributed by atoms with van der Waals surface area (Å²) in [6.45, 7) is 1.81. The van der Waals surface area contributed by atoms with Gasteiger partial charge < -0.3 is 15.2 Å². The molecule has 0 aromatic heterocycles. The fourth-order valence-electron chi connectivity index (χ4n) is 1.71. The van der Waals surface area contributed by atoms with Gasteiger partial charge in [-0.25, -0.2) is 4.39 Å². The molecular weight excluding hydrogens is 268 g/mol. The van der Waals surface area contributed by atoms with Crippen LogP contribution >= 0.6 is 0 Å². The highest BCUT2D eigenvalue weighted by molar-refractivity contribution is 5.79. The lowest BCUT2D eigenvalue weighted by atomic mass is 9.96. The zero-order valence-electron chi connectivity index (χ0n) is 11.6. The molecule has 2 N–H and O–H groups in total. The normalized spacial score (nSPS) is 13.7. The average molecular weight is 287 g/mol. The fourth-order valence-corrected chi connectivity index (χ4v) is 1.71. The first-order valence-electron chi connectivity index (χ1n) is 6.32. The molecule has 4 nitrogen and oxygen atoms in total. The number of carbonyl (C=O) groups excluding carboxylic acids is 1. The molecule has 0 aliphatic carbocycles. The van der Waals surface area contributed by atoms with Crippen molar-refractivity contribution < 1.29 is 23.0 Å². The molecule has 1 aromatic carbocycles. The number of esters is 1. The van der Waals surface area contributed by atoms with E-state index in [2.05, 4.69) is 4.74 Å². The molecule has 1 unspecified atom stereocenters. The monoisotopic (exact) mass is 287 g/mol. The quantitative estimate of drug-likeness (QED) is 0.618. The number of unbranched alkanes of at least 4 members (excludes halogenated alkanes) is 1. The Kier molecular flexibility index (Phi) is 5.88. The number of methoxy groups -OCH3 is 1. The van der Waals surface area contributed by atoms with E-state index in [1.807, 2.05) is 0 Å². The van der Waals surface area contributed by atoms with Gasteiger partial charge in [0.15, 0.2) is 11.6 Å². The minimum Gasteiger partial charge on any atom is -0.490 e. The SMILES string of the molecule is COC(=O)C(C)(N)CCCCOc1cccc(F)c1F. The third-order valence-corrected chi connectivity index (χ3v) is 2.92. The van der Waals surface area contributed by atoms with Gasteiger partial charge in [0.05, 0.1) is 13.7 Å². The van der Waals surface area contributed by atoms with Crippen LogP contribution in [0.5, 0.6) is 5.75 Å². The zero-order chi connectivity index (χ0) is 15.2. The standard InChI is InChI=1S/C14H19F2NO3/c1-14(17,13(18)19-2)8-3-4-9-20-11-7-5-6-10(15)12(11)16/h5-7H,3-4,8-9,17H2,1-2H3. The summed E-state index contributed by atoms with van der Waals surface area (Å²) in [6, 6.07) is 3.76. The first-order chi connectivity index (χ1) is 9.38. The van der Waals surface area contributed by atoms with E-state index in [1.165, 1.54) is 19.2 Å². The van der Waals surface area contributed by atoms with E-state index in [-0.39, 0.29) is 12.4 Å². The largest absolute Gasteiger partial charge is 0.490 e. The molecule has 1 rings (SSSR count). The lowest BCUT2D eigenvalue weighted by Gasteiger charge is -2.21. The van der Waals surface area contributed by atoms with Crippen LogP contribution in [0.2, 0.25) is 0 Å². The Hall–Kier alpha value is -1.69. The van der Waals surface area contributed by atoms with Crippen molar-refractivity contribution in [2.24, 2.45) is 5.73 Å². The molecule has 0 fully saturated rings. The summed E-state index contributed by atoms with van der Waals surface area (Å²) in [4.78, 5) is 11.3. The minimum absolute atomic E-state index is 0.117. The number of halogens is 2. The summed E-state index contributed by atoms with van der Waals surface area (Å²) in [5, 5.41) is 0. The summed E-state index contributed by atoms with van der Waals surface area (Å²) < 4.78 is 35.9. The molecule has 0 bridgehead atoms. The van der Waals surface area contributed by atoms with Crippen molar-refractivity contribution in [3.63, 3.8) is 0 Å². The first kappa shape index (κ1) is 16.4. The molecule has 0 amide bonds. The maximum absolute atomic E-state index is 13.3. The van der Waals surface area contributed by atoms with Crippen molar-refractivity contribution in [1.29, 1.82) is 0 Å². The number of nitrogens with two attached hydrogens (primary N) is 1. The van der Waals surface area contributed by atoms with Crippen molar-refractivity contribution in [1.82, 2.24) is 0 Å². The van der Waals surface area contributed by atoms with E-state index >= 15 is 0 Å². The van der Waals surface area contributed by atoms with Gasteiger partial charge in [0, 0.05) is 0 Å². The van der Waals surface area contributed by atoms with Crippen molar-refractivity contribution >= 4 is 5.97 Å². The maximum Gasteiger partial charge on any atom is 0.325 e. The molecule has 0 saturated heterocycles. The molecule has 6 heteroatoms. The van der Waals surface area contributed by atoms with E-state index in [4.69, 9.17) is 10.5 Å². The Labute approximate surface area is 116 Å².